The minimum atomic E-state index is -0.111. The number of halogens is 1. The van der Waals surface area contributed by atoms with Crippen LogP contribution in [0.1, 0.15) is 6.92 Å². The minimum Gasteiger partial charge on any atom is -0.458 e. The van der Waals surface area contributed by atoms with Gasteiger partial charge in [0.25, 0.3) is 0 Å². The van der Waals surface area contributed by atoms with Crippen molar-refractivity contribution in [2.45, 2.75) is 13.0 Å². The Balaban J connectivity index is 1.92. The summed E-state index contributed by atoms with van der Waals surface area (Å²) in [5.41, 5.74) is 1.59. The van der Waals surface area contributed by atoms with Gasteiger partial charge in [-0.05, 0) is 36.9 Å². The zero-order valence-corrected chi connectivity index (χ0v) is 14.3. The second-order valence-electron chi connectivity index (χ2n) is 5.11. The molecule has 7 nitrogen and oxygen atoms in total. The molecule has 0 aromatic carbocycles. The lowest BCUT2D eigenvalue weighted by Crippen LogP contribution is -2.24. The molecule has 0 aliphatic heterocycles. The van der Waals surface area contributed by atoms with E-state index in [1.807, 2.05) is 28.1 Å². The number of hydrogen-bond acceptors (Lipinski definition) is 6. The molecule has 0 aliphatic carbocycles. The summed E-state index contributed by atoms with van der Waals surface area (Å²) in [4.78, 5) is 10.6. The lowest BCUT2D eigenvalue weighted by Gasteiger charge is -2.14. The summed E-state index contributed by atoms with van der Waals surface area (Å²) >= 11 is 3.38. The number of rotatable bonds is 7. The van der Waals surface area contributed by atoms with Crippen molar-refractivity contribution in [3.63, 3.8) is 0 Å². The maximum Gasteiger partial charge on any atom is 0.317 e. The Morgan fingerprint density at radius 1 is 1.43 bits per heavy atom. The Labute approximate surface area is 132 Å². The molecule has 0 fully saturated rings. The van der Waals surface area contributed by atoms with Crippen molar-refractivity contribution in [1.82, 2.24) is 24.6 Å². The molecule has 2 rings (SSSR count). The van der Waals surface area contributed by atoms with Crippen LogP contribution in [-0.2, 0) is 11.8 Å². The Morgan fingerprint density at radius 2 is 2.19 bits per heavy atom. The fraction of sp³-hybridized carbons (Fsp3) is 0.615. The third kappa shape index (κ3) is 4.36. The first-order valence-electron chi connectivity index (χ1n) is 6.71. The van der Waals surface area contributed by atoms with E-state index >= 15 is 0 Å². The van der Waals surface area contributed by atoms with Gasteiger partial charge < -0.3 is 14.4 Å². The first-order valence-corrected chi connectivity index (χ1v) is 7.51. The van der Waals surface area contributed by atoms with E-state index in [9.17, 15) is 0 Å². The monoisotopic (exact) mass is 357 g/mol. The molecule has 0 radical (unpaired) electrons. The summed E-state index contributed by atoms with van der Waals surface area (Å²) in [6.45, 7) is 4.00. The molecule has 0 N–H and O–H groups in total. The van der Waals surface area contributed by atoms with Gasteiger partial charge in [0.15, 0.2) is 4.60 Å². The van der Waals surface area contributed by atoms with Gasteiger partial charge in [0.1, 0.15) is 17.1 Å². The van der Waals surface area contributed by atoms with Crippen LogP contribution in [0.25, 0.3) is 11.0 Å². The average molecular weight is 358 g/mol. The maximum absolute atomic E-state index is 5.68. The lowest BCUT2D eigenvalue weighted by atomic mass is 10.4. The molecule has 2 heterocycles. The predicted octanol–water partition coefficient (Wildman–Crippen LogP) is 1.47. The fourth-order valence-electron chi connectivity index (χ4n) is 1.75. The van der Waals surface area contributed by atoms with E-state index in [0.717, 1.165) is 17.6 Å². The molecule has 2 aromatic rings. The van der Waals surface area contributed by atoms with E-state index in [2.05, 4.69) is 35.9 Å². The molecule has 0 saturated carbocycles. The summed E-state index contributed by atoms with van der Waals surface area (Å²) in [6.07, 6.45) is 1.59. The SMILES string of the molecule is C[C@H](COCCN(C)C)Oc1ncc2c(n1)c(Br)nn2C. The van der Waals surface area contributed by atoms with E-state index in [0.29, 0.717) is 23.8 Å². The van der Waals surface area contributed by atoms with Crippen molar-refractivity contribution < 1.29 is 9.47 Å². The van der Waals surface area contributed by atoms with E-state index in [-0.39, 0.29) is 6.10 Å². The standard InChI is InChI=1S/C13H20BrN5O2/c1-9(8-20-6-5-18(2)3)21-13-15-7-10-11(16-13)12(14)17-19(10)4/h7,9H,5-6,8H2,1-4H3/t9-/m1/s1. The number of aryl methyl sites for hydroxylation is 1. The van der Waals surface area contributed by atoms with Gasteiger partial charge in [-0.15, -0.1) is 0 Å². The largest absolute Gasteiger partial charge is 0.458 e. The van der Waals surface area contributed by atoms with Crippen molar-refractivity contribution >= 4 is 27.0 Å². The van der Waals surface area contributed by atoms with E-state index in [1.54, 1.807) is 10.9 Å². The summed E-state index contributed by atoms with van der Waals surface area (Å²) in [5.74, 6) is 0. The van der Waals surface area contributed by atoms with Crippen LogP contribution in [0.3, 0.4) is 0 Å². The second kappa shape index (κ2) is 7.15. The molecule has 116 valence electrons. The average Bonchev–Trinajstić information content (AvgIpc) is 2.70. The van der Waals surface area contributed by atoms with Gasteiger partial charge in [-0.25, -0.2) is 4.98 Å². The van der Waals surface area contributed by atoms with Crippen LogP contribution in [0.15, 0.2) is 10.8 Å². The summed E-state index contributed by atoms with van der Waals surface area (Å²) in [5, 5.41) is 4.23. The van der Waals surface area contributed by atoms with E-state index in [1.165, 1.54) is 0 Å². The van der Waals surface area contributed by atoms with E-state index < -0.39 is 0 Å². The normalized spacial score (nSPS) is 13.0. The van der Waals surface area contributed by atoms with Crippen LogP contribution in [0.5, 0.6) is 6.01 Å². The third-order valence-corrected chi connectivity index (χ3v) is 3.41. The molecule has 0 bridgehead atoms. The number of ether oxygens (including phenoxy) is 2. The zero-order chi connectivity index (χ0) is 15.4. The highest BCUT2D eigenvalue weighted by molar-refractivity contribution is 9.10. The van der Waals surface area contributed by atoms with E-state index in [4.69, 9.17) is 9.47 Å². The lowest BCUT2D eigenvalue weighted by molar-refractivity contribution is 0.0476. The fourth-order valence-corrected chi connectivity index (χ4v) is 2.28. The Kier molecular flexibility index (Phi) is 5.49. The zero-order valence-electron chi connectivity index (χ0n) is 12.7. The van der Waals surface area contributed by atoms with Gasteiger partial charge in [0.05, 0.1) is 19.4 Å². The third-order valence-electron chi connectivity index (χ3n) is 2.87. The van der Waals surface area contributed by atoms with Gasteiger partial charge in [-0.3, -0.25) is 4.68 Å². The molecule has 0 saturated heterocycles. The van der Waals surface area contributed by atoms with Gasteiger partial charge in [-0.1, -0.05) is 0 Å². The van der Waals surface area contributed by atoms with Crippen LogP contribution in [0.4, 0.5) is 0 Å². The number of nitrogens with zero attached hydrogens (tertiary/aromatic N) is 5. The summed E-state index contributed by atoms with van der Waals surface area (Å²) in [6, 6.07) is 0.333. The van der Waals surface area contributed by atoms with Gasteiger partial charge >= 0.3 is 6.01 Å². The molecule has 0 amide bonds. The van der Waals surface area contributed by atoms with Crippen LogP contribution >= 0.6 is 15.9 Å². The number of likely N-dealkylation sites (N-methyl/N-ethyl adjacent to an activating group) is 1. The number of aromatic nitrogens is 4. The van der Waals surface area contributed by atoms with Gasteiger partial charge in [0.2, 0.25) is 0 Å². The minimum absolute atomic E-state index is 0.111. The smallest absolute Gasteiger partial charge is 0.317 e. The maximum atomic E-state index is 5.68. The van der Waals surface area contributed by atoms with Crippen molar-refractivity contribution in [3.05, 3.63) is 10.8 Å². The molecule has 21 heavy (non-hydrogen) atoms. The molecule has 8 heteroatoms. The second-order valence-corrected chi connectivity index (χ2v) is 5.86. The highest BCUT2D eigenvalue weighted by Crippen LogP contribution is 2.21. The first-order chi connectivity index (χ1) is 9.97. The molecule has 0 spiro atoms. The van der Waals surface area contributed by atoms with Crippen molar-refractivity contribution in [2.24, 2.45) is 7.05 Å². The predicted molar refractivity (Wildman–Crippen MR) is 83.5 cm³/mol. The molecule has 2 aromatic heterocycles. The quantitative estimate of drug-likeness (QED) is 0.699. The summed E-state index contributed by atoms with van der Waals surface area (Å²) in [7, 11) is 5.87. The topological polar surface area (TPSA) is 65.3 Å². The summed E-state index contributed by atoms with van der Waals surface area (Å²) < 4.78 is 13.6. The van der Waals surface area contributed by atoms with Crippen LogP contribution in [-0.4, -0.2) is 64.6 Å². The van der Waals surface area contributed by atoms with Gasteiger partial charge in [-0.2, -0.15) is 10.1 Å². The highest BCUT2D eigenvalue weighted by atomic mass is 79.9. The van der Waals surface area contributed by atoms with Crippen molar-refractivity contribution in [1.29, 1.82) is 0 Å². The van der Waals surface area contributed by atoms with Crippen LogP contribution in [0.2, 0.25) is 0 Å². The van der Waals surface area contributed by atoms with Crippen LogP contribution < -0.4 is 4.74 Å². The Morgan fingerprint density at radius 3 is 2.90 bits per heavy atom. The molecular formula is C13H20BrN5O2. The molecular weight excluding hydrogens is 338 g/mol. The molecule has 0 aliphatic rings. The Hall–Kier alpha value is -1.25. The van der Waals surface area contributed by atoms with Gasteiger partial charge in [0, 0.05) is 13.6 Å². The number of fused-ring (bicyclic) bond motifs is 1. The molecule has 0 unspecified atom stereocenters. The highest BCUT2D eigenvalue weighted by Gasteiger charge is 2.12. The molecule has 1 atom stereocenters. The number of hydrogen-bond donors (Lipinski definition) is 0. The van der Waals surface area contributed by atoms with Crippen molar-refractivity contribution in [3.8, 4) is 6.01 Å². The van der Waals surface area contributed by atoms with Crippen molar-refractivity contribution in [2.75, 3.05) is 33.9 Å². The first kappa shape index (κ1) is 16.1. The van der Waals surface area contributed by atoms with Crippen LogP contribution in [0, 0.1) is 0 Å². The Bertz CT molecular complexity index is 602.